The maximum absolute atomic E-state index is 12.3. The van der Waals surface area contributed by atoms with Crippen molar-refractivity contribution in [1.29, 1.82) is 0 Å². The number of nitrogens with one attached hydrogen (secondary N) is 1. The monoisotopic (exact) mass is 327 g/mol. The number of carbonyl (C=O) groups is 2. The fraction of sp³-hybridized carbons (Fsp3) is 0.263. The van der Waals surface area contributed by atoms with Crippen LogP contribution in [0.4, 0.5) is 5.69 Å². The summed E-state index contributed by atoms with van der Waals surface area (Å²) in [5.41, 5.74) is 1.60. The molecule has 24 heavy (non-hydrogen) atoms. The van der Waals surface area contributed by atoms with E-state index in [1.54, 1.807) is 31.4 Å². The van der Waals surface area contributed by atoms with E-state index in [0.717, 1.165) is 5.56 Å². The topological polar surface area (TPSA) is 64.6 Å². The second-order valence-electron chi connectivity index (χ2n) is 5.38. The van der Waals surface area contributed by atoms with E-state index < -0.39 is 5.92 Å². The van der Waals surface area contributed by atoms with Gasteiger partial charge in [-0.15, -0.1) is 0 Å². The highest BCUT2D eigenvalue weighted by molar-refractivity contribution is 6.06. The lowest BCUT2D eigenvalue weighted by Crippen LogP contribution is -2.32. The van der Waals surface area contributed by atoms with Crippen LogP contribution in [0, 0.1) is 5.92 Å². The van der Waals surface area contributed by atoms with Crippen LogP contribution in [0.5, 0.6) is 5.75 Å². The van der Waals surface area contributed by atoms with Gasteiger partial charge in [0.1, 0.15) is 17.5 Å². The Balaban J connectivity index is 1.90. The molecule has 0 fully saturated rings. The van der Waals surface area contributed by atoms with Crippen molar-refractivity contribution in [2.75, 3.05) is 19.0 Å². The van der Waals surface area contributed by atoms with Crippen molar-refractivity contribution in [3.63, 3.8) is 0 Å². The molecule has 1 N–H and O–H groups in total. The molecule has 2 aromatic rings. The highest BCUT2D eigenvalue weighted by Gasteiger charge is 2.23. The van der Waals surface area contributed by atoms with Crippen LogP contribution in [0.2, 0.25) is 0 Å². The van der Waals surface area contributed by atoms with Gasteiger partial charge in [0.05, 0.1) is 20.3 Å². The first-order chi connectivity index (χ1) is 11.6. The molecule has 0 aliphatic carbocycles. The predicted molar refractivity (Wildman–Crippen MR) is 91.9 cm³/mol. The molecule has 0 saturated carbocycles. The van der Waals surface area contributed by atoms with E-state index in [1.165, 1.54) is 6.92 Å². The Kier molecular flexibility index (Phi) is 6.51. The van der Waals surface area contributed by atoms with Gasteiger partial charge in [0, 0.05) is 5.69 Å². The average Bonchev–Trinajstić information content (AvgIpc) is 2.60. The Hall–Kier alpha value is -2.66. The highest BCUT2D eigenvalue weighted by atomic mass is 16.5. The van der Waals surface area contributed by atoms with Crippen molar-refractivity contribution in [2.24, 2.45) is 5.92 Å². The number of benzene rings is 2. The molecule has 0 spiro atoms. The molecule has 0 saturated heterocycles. The molecular weight excluding hydrogens is 306 g/mol. The lowest BCUT2D eigenvalue weighted by molar-refractivity contribution is -0.132. The SMILES string of the molecule is COc1ccc(NC(=O)C(COCc2ccccc2)C(C)=O)cc1. The lowest BCUT2D eigenvalue weighted by Gasteiger charge is -2.15. The van der Waals surface area contributed by atoms with E-state index in [4.69, 9.17) is 9.47 Å². The molecule has 0 aromatic heterocycles. The second-order valence-corrected chi connectivity index (χ2v) is 5.38. The van der Waals surface area contributed by atoms with Gasteiger partial charge in [-0.05, 0) is 36.8 Å². The highest BCUT2D eigenvalue weighted by Crippen LogP contribution is 2.16. The smallest absolute Gasteiger partial charge is 0.237 e. The molecule has 0 heterocycles. The number of rotatable bonds is 8. The number of amides is 1. The van der Waals surface area contributed by atoms with Crippen molar-refractivity contribution in [3.8, 4) is 5.75 Å². The maximum Gasteiger partial charge on any atom is 0.237 e. The first-order valence-electron chi connectivity index (χ1n) is 7.67. The van der Waals surface area contributed by atoms with Crippen LogP contribution in [0.1, 0.15) is 12.5 Å². The van der Waals surface area contributed by atoms with Gasteiger partial charge < -0.3 is 14.8 Å². The summed E-state index contributed by atoms with van der Waals surface area (Å²) >= 11 is 0. The first-order valence-corrected chi connectivity index (χ1v) is 7.67. The van der Waals surface area contributed by atoms with E-state index >= 15 is 0 Å². The summed E-state index contributed by atoms with van der Waals surface area (Å²) in [4.78, 5) is 24.1. The van der Waals surface area contributed by atoms with Crippen LogP contribution in [0.3, 0.4) is 0 Å². The van der Waals surface area contributed by atoms with Gasteiger partial charge in [0.15, 0.2) is 0 Å². The number of ketones is 1. The van der Waals surface area contributed by atoms with Crippen LogP contribution >= 0.6 is 0 Å². The number of hydrogen-bond acceptors (Lipinski definition) is 4. The van der Waals surface area contributed by atoms with Gasteiger partial charge in [-0.1, -0.05) is 30.3 Å². The van der Waals surface area contributed by atoms with Crippen molar-refractivity contribution < 1.29 is 19.1 Å². The van der Waals surface area contributed by atoms with Crippen LogP contribution in [0.25, 0.3) is 0 Å². The zero-order valence-corrected chi connectivity index (χ0v) is 13.8. The summed E-state index contributed by atoms with van der Waals surface area (Å²) < 4.78 is 10.6. The molecule has 0 radical (unpaired) electrons. The van der Waals surface area contributed by atoms with Crippen LogP contribution in [-0.4, -0.2) is 25.4 Å². The molecule has 126 valence electrons. The van der Waals surface area contributed by atoms with Crippen molar-refractivity contribution in [3.05, 3.63) is 60.2 Å². The van der Waals surface area contributed by atoms with Crippen LogP contribution < -0.4 is 10.1 Å². The number of Topliss-reactive ketones (excluding diaryl/α,β-unsaturated/α-hetero) is 1. The molecule has 5 nitrogen and oxygen atoms in total. The molecular formula is C19H21NO4. The number of methoxy groups -OCH3 is 1. The number of anilines is 1. The zero-order chi connectivity index (χ0) is 17.4. The van der Waals surface area contributed by atoms with Crippen molar-refractivity contribution >= 4 is 17.4 Å². The Bertz CT molecular complexity index is 668. The Morgan fingerprint density at radius 1 is 1.04 bits per heavy atom. The average molecular weight is 327 g/mol. The lowest BCUT2D eigenvalue weighted by atomic mass is 10.1. The molecule has 1 amide bonds. The fourth-order valence-electron chi connectivity index (χ4n) is 2.15. The van der Waals surface area contributed by atoms with Gasteiger partial charge in [-0.25, -0.2) is 0 Å². The van der Waals surface area contributed by atoms with Gasteiger partial charge in [0.25, 0.3) is 0 Å². The normalized spacial score (nSPS) is 11.6. The molecule has 2 rings (SSSR count). The number of hydrogen-bond donors (Lipinski definition) is 1. The Labute approximate surface area is 141 Å². The third kappa shape index (κ3) is 5.21. The minimum Gasteiger partial charge on any atom is -0.497 e. The molecule has 0 aliphatic rings. The molecule has 1 unspecified atom stereocenters. The molecule has 2 aromatic carbocycles. The summed E-state index contributed by atoms with van der Waals surface area (Å²) in [5.74, 6) is -0.743. The first kappa shape index (κ1) is 17.7. The third-order valence-electron chi connectivity index (χ3n) is 3.56. The van der Waals surface area contributed by atoms with E-state index in [9.17, 15) is 9.59 Å². The minimum absolute atomic E-state index is 0.0478. The summed E-state index contributed by atoms with van der Waals surface area (Å²) in [6.45, 7) is 1.80. The largest absolute Gasteiger partial charge is 0.497 e. The van der Waals surface area contributed by atoms with Gasteiger partial charge in [-0.2, -0.15) is 0 Å². The third-order valence-corrected chi connectivity index (χ3v) is 3.56. The van der Waals surface area contributed by atoms with Gasteiger partial charge in [-0.3, -0.25) is 9.59 Å². The minimum atomic E-state index is -0.837. The van der Waals surface area contributed by atoms with Crippen molar-refractivity contribution in [1.82, 2.24) is 0 Å². The molecule has 5 heteroatoms. The summed E-state index contributed by atoms with van der Waals surface area (Å²) in [6, 6.07) is 16.5. The quantitative estimate of drug-likeness (QED) is 0.757. The summed E-state index contributed by atoms with van der Waals surface area (Å²) in [6.07, 6.45) is 0. The predicted octanol–water partition coefficient (Wildman–Crippen LogP) is 3.06. The van der Waals surface area contributed by atoms with E-state index in [2.05, 4.69) is 5.32 Å². The number of carbonyl (C=O) groups excluding carboxylic acids is 2. The number of ether oxygens (including phenoxy) is 2. The summed E-state index contributed by atoms with van der Waals surface area (Å²) in [7, 11) is 1.57. The van der Waals surface area contributed by atoms with Crippen LogP contribution in [0.15, 0.2) is 54.6 Å². The van der Waals surface area contributed by atoms with E-state index in [1.807, 2.05) is 30.3 Å². The summed E-state index contributed by atoms with van der Waals surface area (Å²) in [5, 5.41) is 2.73. The molecule has 1 atom stereocenters. The second kappa shape index (κ2) is 8.84. The zero-order valence-electron chi connectivity index (χ0n) is 13.8. The maximum atomic E-state index is 12.3. The van der Waals surface area contributed by atoms with Gasteiger partial charge in [0.2, 0.25) is 5.91 Å². The van der Waals surface area contributed by atoms with Gasteiger partial charge >= 0.3 is 0 Å². The van der Waals surface area contributed by atoms with Crippen LogP contribution in [-0.2, 0) is 20.9 Å². The Morgan fingerprint density at radius 2 is 1.71 bits per heavy atom. The fourth-order valence-corrected chi connectivity index (χ4v) is 2.15. The Morgan fingerprint density at radius 3 is 2.29 bits per heavy atom. The standard InChI is InChI=1S/C19H21NO4/c1-14(21)18(13-24-12-15-6-4-3-5-7-15)19(22)20-16-8-10-17(23-2)11-9-16/h3-11,18H,12-13H2,1-2H3,(H,20,22). The van der Waals surface area contributed by atoms with E-state index in [-0.39, 0.29) is 18.3 Å². The molecule has 0 aliphatic heterocycles. The van der Waals surface area contributed by atoms with E-state index in [0.29, 0.717) is 18.0 Å². The van der Waals surface area contributed by atoms with Crippen molar-refractivity contribution in [2.45, 2.75) is 13.5 Å². The molecule has 0 bridgehead atoms.